The van der Waals surface area contributed by atoms with Crippen LogP contribution >= 0.6 is 0 Å². The van der Waals surface area contributed by atoms with Crippen molar-refractivity contribution in [1.82, 2.24) is 29.9 Å². The first-order valence-electron chi connectivity index (χ1n) is 35.9. The second-order valence-electron chi connectivity index (χ2n) is 26.8. The van der Waals surface area contributed by atoms with Gasteiger partial charge in [0.1, 0.15) is 16.7 Å². The molecule has 0 fully saturated rings. The van der Waals surface area contributed by atoms with Crippen LogP contribution in [0.2, 0.25) is 0 Å². The maximum Gasteiger partial charge on any atom is 3.00 e. The van der Waals surface area contributed by atoms with E-state index in [2.05, 4.69) is 254 Å². The number of aryl methyl sites for hydroxylation is 4. The fraction of sp³-hybridized carbons (Fsp3) is 0.188. The van der Waals surface area contributed by atoms with Gasteiger partial charge >= 0.3 is 40.2 Å². The second-order valence-corrected chi connectivity index (χ2v) is 26.8. The van der Waals surface area contributed by atoms with E-state index in [-0.39, 0.29) is 40.2 Å². The predicted octanol–water partition coefficient (Wildman–Crippen LogP) is 24.2. The number of pyridine rings is 6. The minimum Gasteiger partial charge on any atom is -0.501 e. The molecule has 0 unspecified atom stereocenters. The van der Waals surface area contributed by atoms with Crippen molar-refractivity contribution in [2.45, 2.75) is 107 Å². The van der Waals surface area contributed by atoms with Crippen molar-refractivity contribution in [3.8, 4) is 78.8 Å². The van der Waals surface area contributed by atoms with Crippen LogP contribution in [0.25, 0.3) is 123 Å². The number of furan rings is 2. The van der Waals surface area contributed by atoms with Crippen LogP contribution < -0.4 is 0 Å². The molecule has 0 aliphatic carbocycles. The first kappa shape index (κ1) is 83.1. The number of nitrogens with zero attached hydrogens (tertiary/aromatic N) is 6. The van der Waals surface area contributed by atoms with Crippen LogP contribution in [0, 0.1) is 58.0 Å². The average Bonchev–Trinajstić information content (AvgIpc) is 1.62. The molecule has 12 heteroatoms. The van der Waals surface area contributed by atoms with Crippen molar-refractivity contribution in [3.63, 3.8) is 0 Å². The summed E-state index contributed by atoms with van der Waals surface area (Å²) in [4.78, 5) is 27.4. The molecule has 0 saturated carbocycles. The molecule has 0 bridgehead atoms. The van der Waals surface area contributed by atoms with E-state index in [9.17, 15) is 0 Å². The van der Waals surface area contributed by atoms with Crippen molar-refractivity contribution in [2.75, 3.05) is 14.2 Å². The Bertz CT molecular complexity index is 5260. The molecule has 0 atom stereocenters. The largest absolute Gasteiger partial charge is 3.00 e. The Balaban J connectivity index is 0.000000171. The minimum atomic E-state index is 0. The van der Waals surface area contributed by atoms with Crippen molar-refractivity contribution in [1.29, 1.82) is 0 Å². The van der Waals surface area contributed by atoms with Crippen LogP contribution in [0.5, 0.6) is 0 Å². The Labute approximate surface area is 664 Å². The van der Waals surface area contributed by atoms with Crippen LogP contribution in [-0.2, 0) is 40.2 Å². The Hall–Kier alpha value is -10.5. The zero-order valence-electron chi connectivity index (χ0n) is 63.7. The van der Waals surface area contributed by atoms with Crippen molar-refractivity contribution in [3.05, 3.63) is 336 Å². The summed E-state index contributed by atoms with van der Waals surface area (Å²) in [6, 6.07) is 94.2. The number of hydrogen-bond acceptors (Lipinski definition) is 10. The Morgan fingerprint density at radius 3 is 1.14 bits per heavy atom. The van der Waals surface area contributed by atoms with E-state index in [4.69, 9.17) is 24.0 Å². The van der Waals surface area contributed by atoms with E-state index < -0.39 is 0 Å². The van der Waals surface area contributed by atoms with E-state index in [1.165, 1.54) is 44.5 Å². The smallest absolute Gasteiger partial charge is 0.501 e. The van der Waals surface area contributed by atoms with Gasteiger partial charge in [0, 0.05) is 72.6 Å². The van der Waals surface area contributed by atoms with Crippen LogP contribution in [-0.4, -0.2) is 54.3 Å². The number of fused-ring (bicyclic) bond motifs is 6. The van der Waals surface area contributed by atoms with E-state index in [0.717, 1.165) is 137 Å². The third kappa shape index (κ3) is 21.0. The summed E-state index contributed by atoms with van der Waals surface area (Å²) in [5, 5.41) is 18.5. The van der Waals surface area contributed by atoms with Gasteiger partial charge in [-0.2, -0.15) is 0 Å². The Morgan fingerprint density at radius 2 is 0.676 bits per heavy atom. The first-order valence-corrected chi connectivity index (χ1v) is 35.9. The molecule has 0 aliphatic heterocycles. The molecule has 0 amide bonds. The van der Waals surface area contributed by atoms with E-state index in [0.29, 0.717) is 23.7 Å². The number of benzene rings is 8. The van der Waals surface area contributed by atoms with E-state index in [1.54, 1.807) is 0 Å². The summed E-state index contributed by atoms with van der Waals surface area (Å²) in [5.74, 6) is 1.94. The fourth-order valence-corrected chi connectivity index (χ4v) is 11.8. The summed E-state index contributed by atoms with van der Waals surface area (Å²) in [7, 11) is 2.00. The normalized spacial score (nSPS) is 10.6. The molecular formula is C96H91Ir2N6O4+. The molecular weight excluding hydrogens is 1690 g/mol. The molecule has 2 N–H and O–H groups in total. The van der Waals surface area contributed by atoms with Crippen LogP contribution in [0.4, 0.5) is 0 Å². The summed E-state index contributed by atoms with van der Waals surface area (Å²) in [6.07, 6.45) is 9.44. The summed E-state index contributed by atoms with van der Waals surface area (Å²) in [6.45, 7) is 25.9. The van der Waals surface area contributed by atoms with Gasteiger partial charge in [0.15, 0.2) is 0 Å². The molecule has 0 spiro atoms. The molecule has 0 aliphatic rings. The summed E-state index contributed by atoms with van der Waals surface area (Å²) >= 11 is 0. The van der Waals surface area contributed by atoms with Gasteiger partial charge in [0.2, 0.25) is 0 Å². The molecule has 0 saturated heterocycles. The van der Waals surface area contributed by atoms with Crippen LogP contribution in [0.1, 0.15) is 124 Å². The van der Waals surface area contributed by atoms with Gasteiger partial charge in [0.25, 0.3) is 0 Å². The van der Waals surface area contributed by atoms with Crippen molar-refractivity contribution >= 4 is 43.9 Å². The Kier molecular flexibility index (Phi) is 31.1. The summed E-state index contributed by atoms with van der Waals surface area (Å²) < 4.78 is 12.1. The van der Waals surface area contributed by atoms with Crippen LogP contribution in [0.3, 0.4) is 0 Å². The van der Waals surface area contributed by atoms with Crippen molar-refractivity contribution < 1.29 is 59.3 Å². The first-order chi connectivity index (χ1) is 51.5. The minimum absolute atomic E-state index is 0. The van der Waals surface area contributed by atoms with Gasteiger partial charge in [0.05, 0.1) is 11.3 Å². The maximum atomic E-state index is 7.00. The maximum absolute atomic E-state index is 7.00. The molecule has 8 heterocycles. The molecule has 16 rings (SSSR count). The number of rotatable bonds is 11. The molecule has 0 radical (unpaired) electrons. The van der Waals surface area contributed by atoms with Gasteiger partial charge < -0.3 is 39.0 Å². The van der Waals surface area contributed by atoms with Crippen molar-refractivity contribution in [2.24, 2.45) is 0 Å². The molecule has 108 heavy (non-hydrogen) atoms. The van der Waals surface area contributed by atoms with Gasteiger partial charge in [-0.1, -0.05) is 185 Å². The van der Waals surface area contributed by atoms with Gasteiger partial charge in [-0.3, -0.25) is 9.97 Å². The molecule has 546 valence electrons. The second kappa shape index (κ2) is 40.4. The number of aromatic nitrogens is 6. The molecule has 10 nitrogen and oxygen atoms in total. The quantitative estimate of drug-likeness (QED) is 0.120. The van der Waals surface area contributed by atoms with Gasteiger partial charge in [-0.25, -0.2) is 0 Å². The number of para-hydroxylation sites is 3. The average molecular weight is 1780 g/mol. The zero-order valence-corrected chi connectivity index (χ0v) is 68.5. The third-order valence-electron chi connectivity index (χ3n) is 18.2. The molecule has 8 aromatic carbocycles. The predicted molar refractivity (Wildman–Crippen MR) is 437 cm³/mol. The third-order valence-corrected chi connectivity index (χ3v) is 18.2. The Morgan fingerprint density at radius 1 is 0.306 bits per heavy atom. The monoisotopic (exact) mass is 1780 g/mol. The zero-order chi connectivity index (χ0) is 75.2. The number of aliphatic hydroxyl groups is 2. The standard InChI is InChI=1S/C28H26N2.C19H15NO.C19H14NO.2C14H14N.2CH4O.2Ir/c1-19(2)22-13-14-29-26(16-22)23-11-8-12-24(15-23)28-18-25(20(3)4)17-27(30-28)21-9-6-5-7-10-21;2*1-12-10-17(20-11-13(12)2)16-8-5-7-15-14-6-3-4-9-18(14)21-19(15)16;2*1-11(2)13-8-9-15-14(10-13)12-6-4-3-5-7-12;2*1-2;;/h5-9,11-14,16-20H,1-4H3;3-11H,1-2H3;3-7,9-11H,1-2H3;2*3-6,8-11H,1-2H3;2*2H,1H3;;/q-2;;3*-1;;;2*+3. The van der Waals surface area contributed by atoms with E-state index in [1.807, 2.05) is 146 Å². The van der Waals surface area contributed by atoms with E-state index >= 15 is 0 Å². The number of aliphatic hydroxyl groups excluding tert-OH is 2. The van der Waals surface area contributed by atoms with Crippen LogP contribution in [0.15, 0.2) is 270 Å². The molecule has 8 aromatic heterocycles. The summed E-state index contributed by atoms with van der Waals surface area (Å²) in [5.41, 5.74) is 27.3. The van der Waals surface area contributed by atoms with Gasteiger partial charge in [-0.15, -0.1) is 150 Å². The fourth-order valence-electron chi connectivity index (χ4n) is 11.8. The SMILES string of the molecule is CC(C)c1ccnc(-c2[c-]c(-c3cc(C(C)C)cc(-c4[c-]cccc4)n3)ccc2)c1.CC(C)c1ccnc(-c2[c-]cccc2)c1.CC(C)c1ccnc(-c2[c-]cccc2)c1.CO.CO.Cc1cnc(-c2[c-]ccc3c2oc2ccccc23)cc1C.Cc1cnc(-c2cccc3c2oc2ccccc23)cc1C.[Ir+3].[Ir+3]. The van der Waals surface area contributed by atoms with Gasteiger partial charge in [-0.05, 0) is 145 Å². The number of hydrogen-bond donors (Lipinski definition) is 2. The topological polar surface area (TPSA) is 144 Å². The molecule has 16 aromatic rings.